The van der Waals surface area contributed by atoms with Crippen LogP contribution in [0.15, 0.2) is 72.8 Å². The molecule has 0 unspecified atom stereocenters. The van der Waals surface area contributed by atoms with E-state index in [9.17, 15) is 33.5 Å². The van der Waals surface area contributed by atoms with Crippen LogP contribution in [0.4, 0.5) is 4.39 Å². The number of carbonyl (C=O) groups is 5. The van der Waals surface area contributed by atoms with Crippen LogP contribution in [-0.2, 0) is 25.6 Å². The molecule has 14 heteroatoms. The third-order valence-corrected chi connectivity index (χ3v) is 9.89. The number of amides is 5. The summed E-state index contributed by atoms with van der Waals surface area (Å²) >= 11 is 6.26. The third kappa shape index (κ3) is 9.07. The van der Waals surface area contributed by atoms with Gasteiger partial charge in [0.1, 0.15) is 23.7 Å². The summed E-state index contributed by atoms with van der Waals surface area (Å²) in [4.78, 5) is 71.2. The average Bonchev–Trinajstić information content (AvgIpc) is 3.84. The summed E-state index contributed by atoms with van der Waals surface area (Å²) in [6.45, 7) is 0.989. The molecule has 2 bridgehead atoms. The Kier molecular flexibility index (Phi) is 11.4. The second-order valence-electron chi connectivity index (χ2n) is 13.7. The van der Waals surface area contributed by atoms with Crippen LogP contribution in [0.1, 0.15) is 47.2 Å². The fraction of sp³-hybridized carbons (Fsp3) is 0.395. The monoisotopic (exact) mass is 733 g/mol. The van der Waals surface area contributed by atoms with Gasteiger partial charge in [0.25, 0.3) is 11.8 Å². The van der Waals surface area contributed by atoms with E-state index in [1.807, 2.05) is 36.4 Å². The van der Waals surface area contributed by atoms with Crippen LogP contribution in [0.3, 0.4) is 0 Å². The highest BCUT2D eigenvalue weighted by molar-refractivity contribution is 6.33. The van der Waals surface area contributed by atoms with Crippen LogP contribution >= 0.6 is 11.6 Å². The predicted octanol–water partition coefficient (Wildman–Crippen LogP) is 2.43. The molecule has 5 amide bonds. The van der Waals surface area contributed by atoms with E-state index in [1.165, 1.54) is 22.8 Å². The summed E-state index contributed by atoms with van der Waals surface area (Å²) in [6, 6.07) is 16.5. The van der Waals surface area contributed by atoms with Gasteiger partial charge in [-0.25, -0.2) is 4.39 Å². The highest BCUT2D eigenvalue weighted by Crippen LogP contribution is 2.33. The maximum Gasteiger partial charge on any atom is 0.258 e. The molecule has 5 atom stereocenters. The minimum atomic E-state index is -1.34. The van der Waals surface area contributed by atoms with E-state index in [0.717, 1.165) is 30.5 Å². The van der Waals surface area contributed by atoms with Gasteiger partial charge in [-0.1, -0.05) is 54.1 Å². The number of hydrogen-bond acceptors (Lipinski definition) is 7. The van der Waals surface area contributed by atoms with Crippen molar-refractivity contribution in [3.8, 4) is 5.75 Å². The van der Waals surface area contributed by atoms with Gasteiger partial charge in [-0.15, -0.1) is 0 Å². The summed E-state index contributed by atoms with van der Waals surface area (Å²) in [5, 5.41) is 19.0. The second-order valence-corrected chi connectivity index (χ2v) is 14.1. The zero-order chi connectivity index (χ0) is 36.9. The predicted molar refractivity (Wildman–Crippen MR) is 189 cm³/mol. The summed E-state index contributed by atoms with van der Waals surface area (Å²) < 4.78 is 19.6. The molecule has 0 spiro atoms. The maximum atomic E-state index is 14.2. The normalized spacial score (nSPS) is 23.7. The molecule has 2 aliphatic heterocycles. The van der Waals surface area contributed by atoms with Crippen molar-refractivity contribution >= 4 is 41.1 Å². The number of rotatable bonds is 6. The molecule has 52 heavy (non-hydrogen) atoms. The number of nitrogens with zero attached hydrogens (tertiary/aromatic N) is 2. The molecule has 12 nitrogen and oxygen atoms in total. The first-order valence-electron chi connectivity index (χ1n) is 17.3. The first-order chi connectivity index (χ1) is 24.9. The molecule has 1 aliphatic carbocycles. The Morgan fingerprint density at radius 3 is 2.44 bits per heavy atom. The van der Waals surface area contributed by atoms with Crippen molar-refractivity contribution in [3.05, 3.63) is 100 Å². The van der Waals surface area contributed by atoms with Gasteiger partial charge >= 0.3 is 0 Å². The Labute approximate surface area is 305 Å². The molecule has 274 valence electrons. The molecule has 3 aromatic carbocycles. The van der Waals surface area contributed by atoms with Crippen molar-refractivity contribution in [1.29, 1.82) is 0 Å². The summed E-state index contributed by atoms with van der Waals surface area (Å²) in [7, 11) is 0. The highest BCUT2D eigenvalue weighted by atomic mass is 35.5. The third-order valence-electron chi connectivity index (χ3n) is 9.57. The Morgan fingerprint density at radius 1 is 0.962 bits per heavy atom. The van der Waals surface area contributed by atoms with E-state index < -0.39 is 78.7 Å². The number of aliphatic hydroxyl groups is 1. The molecule has 1 saturated heterocycles. The zero-order valence-corrected chi connectivity index (χ0v) is 29.4. The number of likely N-dealkylation sites (tertiary alicyclic amines) is 1. The Hall–Kier alpha value is -5.01. The summed E-state index contributed by atoms with van der Waals surface area (Å²) in [6.07, 6.45) is 0.605. The Balaban J connectivity index is 1.34. The number of carbonyl (C=O) groups excluding carboxylic acids is 5. The minimum absolute atomic E-state index is 0.0438. The van der Waals surface area contributed by atoms with Crippen molar-refractivity contribution in [2.24, 2.45) is 5.92 Å². The number of halogens is 2. The SMILES string of the molecule is C[C@@H](O)[C@@H]1NC(=O)COc2cccc(c2)[C@H]2CN(C(=O)c3ccc(F)cc3Cl)C[C@@H]2NC(=O)[C@H](Cc2ccccc2)NC(=O)CN(CC2CC2)C1=O. The molecule has 0 aromatic heterocycles. The van der Waals surface area contributed by atoms with E-state index in [-0.39, 0.29) is 42.6 Å². The van der Waals surface area contributed by atoms with Crippen molar-refractivity contribution in [2.75, 3.05) is 32.8 Å². The molecular weight excluding hydrogens is 693 g/mol. The average molecular weight is 734 g/mol. The highest BCUT2D eigenvalue weighted by Gasteiger charge is 2.40. The molecular formula is C38H41ClFN5O7. The molecule has 4 N–H and O–H groups in total. The van der Waals surface area contributed by atoms with E-state index >= 15 is 0 Å². The van der Waals surface area contributed by atoms with Gasteiger partial charge in [-0.3, -0.25) is 24.0 Å². The fourth-order valence-electron chi connectivity index (χ4n) is 6.67. The Morgan fingerprint density at radius 2 is 1.73 bits per heavy atom. The minimum Gasteiger partial charge on any atom is -0.484 e. The molecule has 2 fully saturated rings. The first-order valence-corrected chi connectivity index (χ1v) is 17.7. The van der Waals surface area contributed by atoms with Crippen molar-refractivity contribution < 1.29 is 38.2 Å². The first kappa shape index (κ1) is 36.8. The van der Waals surface area contributed by atoms with Gasteiger partial charge in [0, 0.05) is 32.0 Å². The molecule has 0 radical (unpaired) electrons. The smallest absolute Gasteiger partial charge is 0.258 e. The lowest BCUT2D eigenvalue weighted by Crippen LogP contribution is -2.58. The molecule has 2 heterocycles. The largest absolute Gasteiger partial charge is 0.484 e. The van der Waals surface area contributed by atoms with Crippen LogP contribution in [0.5, 0.6) is 5.75 Å². The van der Waals surface area contributed by atoms with Gasteiger partial charge in [0.05, 0.1) is 29.3 Å². The van der Waals surface area contributed by atoms with Crippen molar-refractivity contribution in [3.63, 3.8) is 0 Å². The quantitative estimate of drug-likeness (QED) is 0.303. The summed E-state index contributed by atoms with van der Waals surface area (Å²) in [5.41, 5.74) is 1.59. The lowest BCUT2D eigenvalue weighted by molar-refractivity contribution is -0.143. The van der Waals surface area contributed by atoms with Crippen LogP contribution < -0.4 is 20.7 Å². The maximum absolute atomic E-state index is 14.2. The second kappa shape index (κ2) is 16.1. The summed E-state index contributed by atoms with van der Waals surface area (Å²) in [5.74, 6) is -3.35. The number of benzene rings is 3. The van der Waals surface area contributed by atoms with E-state index in [0.29, 0.717) is 11.3 Å². The van der Waals surface area contributed by atoms with E-state index in [2.05, 4.69) is 16.0 Å². The van der Waals surface area contributed by atoms with Gasteiger partial charge in [-0.05, 0) is 67.1 Å². The number of aliphatic hydroxyl groups excluding tert-OH is 1. The van der Waals surface area contributed by atoms with Crippen molar-refractivity contribution in [1.82, 2.24) is 25.8 Å². The van der Waals surface area contributed by atoms with Crippen LogP contribution in [-0.4, -0.2) is 101 Å². The van der Waals surface area contributed by atoms with Crippen LogP contribution in [0, 0.1) is 11.7 Å². The lowest BCUT2D eigenvalue weighted by atomic mass is 9.93. The topological polar surface area (TPSA) is 157 Å². The zero-order valence-electron chi connectivity index (χ0n) is 28.6. The van der Waals surface area contributed by atoms with Gasteiger partial charge < -0.3 is 35.6 Å². The van der Waals surface area contributed by atoms with E-state index in [1.54, 1.807) is 18.2 Å². The van der Waals surface area contributed by atoms with Gasteiger partial charge in [0.15, 0.2) is 6.61 Å². The van der Waals surface area contributed by atoms with Gasteiger partial charge in [-0.2, -0.15) is 0 Å². The Bertz CT molecular complexity index is 1820. The standard InChI is InChI=1S/C38H41ClFN5O7/c1-22(46)35-38(51)44(17-24-10-11-24)20-33(47)41-31(14-23-6-3-2-4-7-23)36(49)42-32-19-45(37(50)28-13-12-26(40)16-30(28)39)18-29(32)25-8-5-9-27(15-25)52-21-34(48)43-35/h2-9,12-13,15-16,22,24,29,31-32,35,46H,10-11,14,17-21H2,1H3,(H,41,47)(H,42,49)(H,43,48)/t22-,29-,31+,32+,35+/m1/s1. The number of ether oxygens (including phenoxy) is 1. The molecule has 1 saturated carbocycles. The van der Waals surface area contributed by atoms with Gasteiger partial charge in [0.2, 0.25) is 17.7 Å². The fourth-order valence-corrected chi connectivity index (χ4v) is 6.92. The molecule has 6 rings (SSSR count). The number of nitrogens with one attached hydrogen (secondary N) is 3. The van der Waals surface area contributed by atoms with Crippen molar-refractivity contribution in [2.45, 2.75) is 56.3 Å². The molecule has 3 aromatic rings. The number of fused-ring (bicyclic) bond motifs is 4. The lowest BCUT2D eigenvalue weighted by Gasteiger charge is -2.30. The number of hydrogen-bond donors (Lipinski definition) is 4. The van der Waals surface area contributed by atoms with Crippen LogP contribution in [0.2, 0.25) is 5.02 Å². The van der Waals surface area contributed by atoms with Crippen LogP contribution in [0.25, 0.3) is 0 Å². The van der Waals surface area contributed by atoms with E-state index in [4.69, 9.17) is 16.3 Å². The molecule has 3 aliphatic rings.